The Balaban J connectivity index is 2.00. The van der Waals surface area contributed by atoms with Crippen molar-refractivity contribution < 1.29 is 14.6 Å². The van der Waals surface area contributed by atoms with Crippen LogP contribution in [0.5, 0.6) is 0 Å². The highest BCUT2D eigenvalue weighted by molar-refractivity contribution is 9.10. The molecule has 2 aromatic rings. The van der Waals surface area contributed by atoms with Gasteiger partial charge in [0.05, 0.1) is 31.6 Å². The Morgan fingerprint density at radius 2 is 1.77 bits per heavy atom. The van der Waals surface area contributed by atoms with Crippen LogP contribution in [-0.2, 0) is 6.54 Å². The fraction of sp³-hybridized carbons (Fsp3) is 0.333. The van der Waals surface area contributed by atoms with Crippen LogP contribution >= 0.6 is 15.9 Å². The number of amides is 1. The van der Waals surface area contributed by atoms with Crippen LogP contribution in [0.1, 0.15) is 28.2 Å². The number of carbonyl (C=O) groups excluding carboxylic acids is 1. The minimum absolute atomic E-state index is 0.125. The molecule has 2 rings (SSSR count). The fourth-order valence-electron chi connectivity index (χ4n) is 2.36. The number of aromatic nitrogens is 2. The van der Waals surface area contributed by atoms with Crippen molar-refractivity contribution in [1.29, 1.82) is 0 Å². The predicted molar refractivity (Wildman–Crippen MR) is 96.1 cm³/mol. The van der Waals surface area contributed by atoms with Crippen LogP contribution in [0.15, 0.2) is 22.7 Å². The van der Waals surface area contributed by atoms with Gasteiger partial charge in [-0.3, -0.25) is 29.7 Å². The summed E-state index contributed by atoms with van der Waals surface area (Å²) in [7, 11) is 0. The van der Waals surface area contributed by atoms with Gasteiger partial charge in [-0.05, 0) is 36.2 Å². The largest absolute Gasteiger partial charge is 0.352 e. The number of nitrogens with one attached hydrogen (secondary N) is 1. The normalized spacial score (nSPS) is 10.6. The number of hydrogen-bond donors (Lipinski definition) is 1. The highest BCUT2D eigenvalue weighted by Gasteiger charge is 2.19. The molecule has 26 heavy (non-hydrogen) atoms. The van der Waals surface area contributed by atoms with Gasteiger partial charge in [-0.25, -0.2) is 0 Å². The number of hydrogen-bond acceptors (Lipinski definition) is 6. The van der Waals surface area contributed by atoms with Crippen LogP contribution in [0, 0.1) is 34.1 Å². The zero-order valence-corrected chi connectivity index (χ0v) is 15.6. The number of halogens is 1. The van der Waals surface area contributed by atoms with Crippen LogP contribution in [0.25, 0.3) is 0 Å². The number of aryl methyl sites for hydroxylation is 2. The second-order valence-electron chi connectivity index (χ2n) is 5.57. The number of carbonyl (C=O) groups is 1. The third-order valence-electron chi connectivity index (χ3n) is 3.71. The second kappa shape index (κ2) is 8.04. The van der Waals surface area contributed by atoms with Crippen molar-refractivity contribution >= 4 is 33.2 Å². The molecular weight excluding hydrogens is 410 g/mol. The SMILES string of the molecule is Cc1nn(CCCNC(=O)c2cc([N+](=O)[O-])cc([N+](=O)[O-])c2)c(C)c1Br. The van der Waals surface area contributed by atoms with E-state index in [9.17, 15) is 25.0 Å². The summed E-state index contributed by atoms with van der Waals surface area (Å²) < 4.78 is 2.74. The summed E-state index contributed by atoms with van der Waals surface area (Å²) in [5.41, 5.74) is 0.715. The van der Waals surface area contributed by atoms with Gasteiger partial charge in [0.2, 0.25) is 0 Å². The van der Waals surface area contributed by atoms with Gasteiger partial charge in [0.15, 0.2) is 0 Å². The zero-order chi connectivity index (χ0) is 19.4. The summed E-state index contributed by atoms with van der Waals surface area (Å²) >= 11 is 3.44. The van der Waals surface area contributed by atoms with Gasteiger partial charge in [0, 0.05) is 30.9 Å². The third-order valence-corrected chi connectivity index (χ3v) is 4.86. The van der Waals surface area contributed by atoms with E-state index in [0.29, 0.717) is 19.5 Å². The number of nitro groups is 2. The highest BCUT2D eigenvalue weighted by Crippen LogP contribution is 2.23. The first kappa shape index (κ1) is 19.5. The standard InChI is InChI=1S/C15H16BrN5O5/c1-9-14(16)10(2)19(18-9)5-3-4-17-15(22)11-6-12(20(23)24)8-13(7-11)21(25)26/h6-8H,3-5H2,1-2H3,(H,17,22). The van der Waals surface area contributed by atoms with Gasteiger partial charge < -0.3 is 5.32 Å². The van der Waals surface area contributed by atoms with E-state index in [4.69, 9.17) is 0 Å². The monoisotopic (exact) mass is 425 g/mol. The predicted octanol–water partition coefficient (Wildman–Crippen LogP) is 2.90. The second-order valence-corrected chi connectivity index (χ2v) is 6.36. The Labute approximate surface area is 156 Å². The van der Waals surface area contributed by atoms with Crippen molar-refractivity contribution in [2.75, 3.05) is 6.54 Å². The van der Waals surface area contributed by atoms with E-state index in [1.807, 2.05) is 18.5 Å². The summed E-state index contributed by atoms with van der Waals surface area (Å²) in [6.07, 6.45) is 0.581. The molecule has 11 heteroatoms. The average molecular weight is 426 g/mol. The third kappa shape index (κ3) is 4.42. The summed E-state index contributed by atoms with van der Waals surface area (Å²) in [6.45, 7) is 4.67. The Hall–Kier alpha value is -2.82. The summed E-state index contributed by atoms with van der Waals surface area (Å²) in [4.78, 5) is 32.3. The molecule has 0 spiro atoms. The summed E-state index contributed by atoms with van der Waals surface area (Å²) in [5.74, 6) is -0.605. The molecule has 0 saturated carbocycles. The van der Waals surface area contributed by atoms with Gasteiger partial charge >= 0.3 is 0 Å². The molecule has 1 aromatic carbocycles. The van der Waals surface area contributed by atoms with Gasteiger partial charge in [-0.15, -0.1) is 0 Å². The Morgan fingerprint density at radius 1 is 1.19 bits per heavy atom. The number of rotatable bonds is 7. The van der Waals surface area contributed by atoms with E-state index in [2.05, 4.69) is 26.3 Å². The van der Waals surface area contributed by atoms with Crippen molar-refractivity contribution in [3.05, 3.63) is 59.9 Å². The lowest BCUT2D eigenvalue weighted by atomic mass is 10.1. The van der Waals surface area contributed by atoms with E-state index in [0.717, 1.165) is 34.1 Å². The number of non-ortho nitro benzene ring substituents is 2. The van der Waals surface area contributed by atoms with Crippen molar-refractivity contribution in [2.24, 2.45) is 0 Å². The molecule has 1 amide bonds. The van der Waals surface area contributed by atoms with Crippen LogP contribution < -0.4 is 5.32 Å². The van der Waals surface area contributed by atoms with E-state index in [1.165, 1.54) is 0 Å². The van der Waals surface area contributed by atoms with Crippen molar-refractivity contribution in [2.45, 2.75) is 26.8 Å². The fourth-order valence-corrected chi connectivity index (χ4v) is 2.65. The van der Waals surface area contributed by atoms with Crippen LogP contribution in [0.2, 0.25) is 0 Å². The van der Waals surface area contributed by atoms with E-state index < -0.39 is 27.1 Å². The number of nitrogens with zero attached hydrogens (tertiary/aromatic N) is 4. The first-order valence-electron chi connectivity index (χ1n) is 7.62. The maximum Gasteiger partial charge on any atom is 0.277 e. The molecule has 1 heterocycles. The van der Waals surface area contributed by atoms with Gasteiger partial charge in [-0.2, -0.15) is 5.10 Å². The van der Waals surface area contributed by atoms with Crippen LogP contribution in [-0.4, -0.2) is 32.1 Å². The van der Waals surface area contributed by atoms with E-state index in [1.54, 1.807) is 0 Å². The van der Waals surface area contributed by atoms with Crippen LogP contribution in [0.3, 0.4) is 0 Å². The minimum Gasteiger partial charge on any atom is -0.352 e. The molecular formula is C15H16BrN5O5. The minimum atomic E-state index is -0.773. The molecule has 10 nitrogen and oxygen atoms in total. The van der Waals surface area contributed by atoms with Crippen molar-refractivity contribution in [1.82, 2.24) is 15.1 Å². The summed E-state index contributed by atoms with van der Waals surface area (Å²) in [6, 6.07) is 2.85. The Kier molecular flexibility index (Phi) is 6.03. The maximum atomic E-state index is 12.1. The molecule has 1 N–H and O–H groups in total. The lowest BCUT2D eigenvalue weighted by Crippen LogP contribution is -2.25. The molecule has 0 fully saturated rings. The smallest absolute Gasteiger partial charge is 0.277 e. The topological polar surface area (TPSA) is 133 Å². The molecule has 1 aromatic heterocycles. The van der Waals surface area contributed by atoms with Gasteiger partial charge in [-0.1, -0.05) is 0 Å². The van der Waals surface area contributed by atoms with Gasteiger partial charge in [0.25, 0.3) is 17.3 Å². The van der Waals surface area contributed by atoms with E-state index in [-0.39, 0.29) is 5.56 Å². The first-order valence-corrected chi connectivity index (χ1v) is 8.41. The molecule has 0 aliphatic carbocycles. The van der Waals surface area contributed by atoms with Crippen molar-refractivity contribution in [3.8, 4) is 0 Å². The quantitative estimate of drug-likeness (QED) is 0.411. The lowest BCUT2D eigenvalue weighted by Gasteiger charge is -2.07. The maximum absolute atomic E-state index is 12.1. The highest BCUT2D eigenvalue weighted by atomic mass is 79.9. The average Bonchev–Trinajstić information content (AvgIpc) is 2.84. The molecule has 0 radical (unpaired) electrons. The van der Waals surface area contributed by atoms with Crippen molar-refractivity contribution in [3.63, 3.8) is 0 Å². The van der Waals surface area contributed by atoms with Gasteiger partial charge in [0.1, 0.15) is 0 Å². The van der Waals surface area contributed by atoms with Crippen LogP contribution in [0.4, 0.5) is 11.4 Å². The number of nitro benzene ring substituents is 2. The molecule has 0 saturated heterocycles. The molecule has 0 bridgehead atoms. The molecule has 0 aliphatic rings. The molecule has 0 aliphatic heterocycles. The first-order chi connectivity index (χ1) is 12.2. The molecule has 138 valence electrons. The lowest BCUT2D eigenvalue weighted by molar-refractivity contribution is -0.394. The molecule has 0 atom stereocenters. The number of benzene rings is 1. The molecule has 0 unspecified atom stereocenters. The Morgan fingerprint density at radius 3 is 2.23 bits per heavy atom. The van der Waals surface area contributed by atoms with E-state index >= 15 is 0 Å². The Bertz CT molecular complexity index is 847. The summed E-state index contributed by atoms with van der Waals surface area (Å²) in [5, 5.41) is 28.7. The zero-order valence-electron chi connectivity index (χ0n) is 14.1.